The van der Waals surface area contributed by atoms with Crippen molar-refractivity contribution in [1.29, 1.82) is 0 Å². The molecule has 140 valence electrons. The van der Waals surface area contributed by atoms with E-state index >= 15 is 0 Å². The van der Waals surface area contributed by atoms with E-state index in [4.69, 9.17) is 4.52 Å². The van der Waals surface area contributed by atoms with Crippen molar-refractivity contribution in [1.82, 2.24) is 15.8 Å². The minimum Gasteiger partial charge on any atom is -0.359 e. The van der Waals surface area contributed by atoms with E-state index in [1.165, 1.54) is 4.88 Å². The molecule has 2 aromatic rings. The number of hydrogen-bond acceptors (Lipinski definition) is 4. The molecule has 0 saturated heterocycles. The summed E-state index contributed by atoms with van der Waals surface area (Å²) in [7, 11) is 0. The molecule has 7 heteroatoms. The first kappa shape index (κ1) is 22.0. The molecule has 25 heavy (non-hydrogen) atoms. The molecule has 0 radical (unpaired) electrons. The van der Waals surface area contributed by atoms with Crippen LogP contribution in [0, 0.1) is 0 Å². The molecular formula is C18H29IN4OS. The lowest BCUT2D eigenvalue weighted by molar-refractivity contribution is 0.372. The molecule has 2 N–H and O–H groups in total. The second-order valence-electron chi connectivity index (χ2n) is 5.68. The number of nitrogens with one attached hydrogen (secondary N) is 2. The van der Waals surface area contributed by atoms with Crippen LogP contribution in [-0.2, 0) is 13.0 Å². The topological polar surface area (TPSA) is 62.5 Å². The van der Waals surface area contributed by atoms with Gasteiger partial charge >= 0.3 is 0 Å². The lowest BCUT2D eigenvalue weighted by atomic mass is 9.99. The van der Waals surface area contributed by atoms with Crippen LogP contribution in [-0.4, -0.2) is 24.2 Å². The van der Waals surface area contributed by atoms with E-state index in [0.29, 0.717) is 12.5 Å². The van der Waals surface area contributed by atoms with E-state index < -0.39 is 0 Å². The zero-order valence-electron chi connectivity index (χ0n) is 15.2. The third-order valence-electron chi connectivity index (χ3n) is 3.96. The summed E-state index contributed by atoms with van der Waals surface area (Å²) >= 11 is 1.78. The van der Waals surface area contributed by atoms with E-state index in [1.54, 1.807) is 11.3 Å². The highest BCUT2D eigenvalue weighted by atomic mass is 127. The molecule has 0 aromatic carbocycles. The first-order valence-corrected chi connectivity index (χ1v) is 9.64. The molecule has 5 nitrogen and oxygen atoms in total. The van der Waals surface area contributed by atoms with Gasteiger partial charge in [-0.25, -0.2) is 4.99 Å². The van der Waals surface area contributed by atoms with Crippen LogP contribution in [0.25, 0.3) is 0 Å². The Kier molecular flexibility index (Phi) is 10.8. The average molecular weight is 476 g/mol. The number of nitrogens with zero attached hydrogens (tertiary/aromatic N) is 2. The summed E-state index contributed by atoms with van der Waals surface area (Å²) in [5.41, 5.74) is 1.04. The van der Waals surface area contributed by atoms with Gasteiger partial charge in [0.2, 0.25) is 0 Å². The van der Waals surface area contributed by atoms with E-state index in [-0.39, 0.29) is 24.0 Å². The van der Waals surface area contributed by atoms with Gasteiger partial charge in [-0.15, -0.1) is 35.3 Å². The monoisotopic (exact) mass is 476 g/mol. The Hall–Kier alpha value is -1.09. The summed E-state index contributed by atoms with van der Waals surface area (Å²) in [6.07, 6.45) is 3.17. The highest BCUT2D eigenvalue weighted by Gasteiger charge is 2.12. The minimum absolute atomic E-state index is 0. The normalized spacial score (nSPS) is 11.4. The van der Waals surface area contributed by atoms with E-state index in [1.807, 2.05) is 6.07 Å². The fraction of sp³-hybridized carbons (Fsp3) is 0.556. The Morgan fingerprint density at radius 1 is 1.28 bits per heavy atom. The molecular weight excluding hydrogens is 447 g/mol. The second-order valence-corrected chi connectivity index (χ2v) is 6.72. The molecule has 0 aliphatic heterocycles. The van der Waals surface area contributed by atoms with Crippen LogP contribution in [0.4, 0.5) is 0 Å². The molecule has 0 spiro atoms. The minimum atomic E-state index is 0. The van der Waals surface area contributed by atoms with Gasteiger partial charge in [-0.05, 0) is 37.6 Å². The van der Waals surface area contributed by atoms with Gasteiger partial charge in [-0.3, -0.25) is 0 Å². The molecule has 0 unspecified atom stereocenters. The van der Waals surface area contributed by atoms with Crippen molar-refractivity contribution in [2.24, 2.45) is 4.99 Å². The predicted molar refractivity (Wildman–Crippen MR) is 116 cm³/mol. The van der Waals surface area contributed by atoms with Gasteiger partial charge in [-0.2, -0.15) is 0 Å². The number of rotatable bonds is 9. The molecule has 0 bridgehead atoms. The van der Waals surface area contributed by atoms with Gasteiger partial charge < -0.3 is 15.2 Å². The zero-order valence-corrected chi connectivity index (χ0v) is 18.4. The summed E-state index contributed by atoms with van der Waals surface area (Å²) in [6.45, 7) is 8.63. The Morgan fingerprint density at radius 3 is 2.72 bits per heavy atom. The summed E-state index contributed by atoms with van der Waals surface area (Å²) < 4.78 is 5.43. The van der Waals surface area contributed by atoms with Crippen LogP contribution in [0.1, 0.15) is 55.9 Å². The molecule has 2 aromatic heterocycles. The van der Waals surface area contributed by atoms with E-state index in [2.05, 4.69) is 59.1 Å². The second kappa shape index (κ2) is 12.3. The van der Waals surface area contributed by atoms with E-state index in [0.717, 1.165) is 49.8 Å². The average Bonchev–Trinajstić information content (AvgIpc) is 3.26. The number of aromatic nitrogens is 1. The molecule has 0 amide bonds. The van der Waals surface area contributed by atoms with Crippen LogP contribution in [0.15, 0.2) is 33.1 Å². The van der Waals surface area contributed by atoms with E-state index in [9.17, 15) is 0 Å². The van der Waals surface area contributed by atoms with Crippen molar-refractivity contribution >= 4 is 41.3 Å². The summed E-state index contributed by atoms with van der Waals surface area (Å²) in [4.78, 5) is 5.97. The van der Waals surface area contributed by atoms with Gasteiger partial charge in [0.15, 0.2) is 11.7 Å². The number of hydrogen-bond donors (Lipinski definition) is 2. The third kappa shape index (κ3) is 7.35. The quantitative estimate of drug-likeness (QED) is 0.317. The summed E-state index contributed by atoms with van der Waals surface area (Å²) in [5.74, 6) is 2.10. The lowest BCUT2D eigenvalue weighted by Gasteiger charge is -2.10. The number of thiophene rings is 1. The van der Waals surface area contributed by atoms with Crippen molar-refractivity contribution in [3.63, 3.8) is 0 Å². The summed E-state index contributed by atoms with van der Waals surface area (Å²) in [5, 5.41) is 12.9. The Labute approximate surface area is 171 Å². The molecule has 0 fully saturated rings. The summed E-state index contributed by atoms with van der Waals surface area (Å²) in [6, 6.07) is 6.28. The Balaban J connectivity index is 0.00000312. The number of aliphatic imine (C=N–C) groups is 1. The maximum atomic E-state index is 5.43. The highest BCUT2D eigenvalue weighted by molar-refractivity contribution is 14.0. The molecule has 0 atom stereocenters. The first-order chi connectivity index (χ1) is 11.8. The molecule has 2 rings (SSSR count). The number of halogens is 1. The highest BCUT2D eigenvalue weighted by Crippen LogP contribution is 2.22. The van der Waals surface area contributed by atoms with Crippen molar-refractivity contribution in [2.75, 3.05) is 13.1 Å². The van der Waals surface area contributed by atoms with Gasteiger partial charge in [0, 0.05) is 30.0 Å². The van der Waals surface area contributed by atoms with Crippen molar-refractivity contribution in [2.45, 2.75) is 52.5 Å². The third-order valence-corrected chi connectivity index (χ3v) is 4.90. The molecule has 2 heterocycles. The van der Waals surface area contributed by atoms with Crippen LogP contribution in [0.3, 0.4) is 0 Å². The van der Waals surface area contributed by atoms with Crippen LogP contribution in [0.2, 0.25) is 0 Å². The predicted octanol–water partition coefficient (Wildman–Crippen LogP) is 4.56. The lowest BCUT2D eigenvalue weighted by Crippen LogP contribution is -2.38. The van der Waals surface area contributed by atoms with Gasteiger partial charge in [0.05, 0.1) is 5.69 Å². The largest absolute Gasteiger partial charge is 0.359 e. The molecule has 0 saturated carbocycles. The van der Waals surface area contributed by atoms with Crippen molar-refractivity contribution < 1.29 is 4.52 Å². The standard InChI is InChI=1S/C18H28N4OS.HI/c1-4-14(5-2)17-12-15(23-22-17)13-21-18(19-6-3)20-10-9-16-8-7-11-24-16;/h7-8,11-12,14H,4-6,9-10,13H2,1-3H3,(H2,19,20,21);1H. The first-order valence-electron chi connectivity index (χ1n) is 8.76. The van der Waals surface area contributed by atoms with Crippen LogP contribution >= 0.6 is 35.3 Å². The Bertz CT molecular complexity index is 608. The molecule has 0 aliphatic rings. The Morgan fingerprint density at radius 2 is 2.08 bits per heavy atom. The maximum absolute atomic E-state index is 5.43. The smallest absolute Gasteiger partial charge is 0.191 e. The van der Waals surface area contributed by atoms with Gasteiger partial charge in [0.1, 0.15) is 6.54 Å². The maximum Gasteiger partial charge on any atom is 0.191 e. The van der Waals surface area contributed by atoms with Gasteiger partial charge in [-0.1, -0.05) is 25.1 Å². The SMILES string of the molecule is CCNC(=NCc1cc(C(CC)CC)no1)NCCc1cccs1.I. The van der Waals surface area contributed by atoms with Gasteiger partial charge in [0.25, 0.3) is 0 Å². The fourth-order valence-electron chi connectivity index (χ4n) is 2.56. The number of guanidine groups is 1. The zero-order chi connectivity index (χ0) is 17.2. The fourth-order valence-corrected chi connectivity index (χ4v) is 3.27. The van der Waals surface area contributed by atoms with Crippen molar-refractivity contribution in [3.05, 3.63) is 39.9 Å². The van der Waals surface area contributed by atoms with Crippen molar-refractivity contribution in [3.8, 4) is 0 Å². The molecule has 0 aliphatic carbocycles. The van der Waals surface area contributed by atoms with Crippen LogP contribution < -0.4 is 10.6 Å². The van der Waals surface area contributed by atoms with Crippen LogP contribution in [0.5, 0.6) is 0 Å².